The maximum atomic E-state index is 11.7. The molecule has 1 saturated carbocycles. The summed E-state index contributed by atoms with van der Waals surface area (Å²) in [6, 6.07) is 6.43. The normalized spacial score (nSPS) is 16.8. The highest BCUT2D eigenvalue weighted by atomic mass is 16.6. The van der Waals surface area contributed by atoms with Gasteiger partial charge < -0.3 is 20.1 Å². The second kappa shape index (κ2) is 6.13. The zero-order valence-corrected chi connectivity index (χ0v) is 11.5. The van der Waals surface area contributed by atoms with Gasteiger partial charge in [0.1, 0.15) is 13.2 Å². The number of rotatable bonds is 6. The molecule has 1 amide bonds. The van der Waals surface area contributed by atoms with Crippen molar-refractivity contribution >= 4 is 5.91 Å². The van der Waals surface area contributed by atoms with Gasteiger partial charge in [-0.15, -0.1) is 0 Å². The smallest absolute Gasteiger partial charge is 0.221 e. The lowest BCUT2D eigenvalue weighted by Crippen LogP contribution is -2.28. The van der Waals surface area contributed by atoms with E-state index in [1.165, 1.54) is 12.8 Å². The van der Waals surface area contributed by atoms with Gasteiger partial charge in [-0.2, -0.15) is 0 Å². The van der Waals surface area contributed by atoms with Crippen molar-refractivity contribution in [3.63, 3.8) is 0 Å². The molecule has 1 fully saturated rings. The molecule has 0 atom stereocenters. The van der Waals surface area contributed by atoms with Crippen LogP contribution >= 0.6 is 0 Å². The largest absolute Gasteiger partial charge is 0.486 e. The first-order valence-corrected chi connectivity index (χ1v) is 7.20. The number of benzene rings is 1. The number of amides is 1. The number of carbonyl (C=O) groups excluding carboxylic acids is 1. The van der Waals surface area contributed by atoms with Crippen LogP contribution in [0.4, 0.5) is 0 Å². The first-order valence-electron chi connectivity index (χ1n) is 7.20. The molecule has 2 aliphatic rings. The molecule has 2 N–H and O–H groups in total. The Labute approximate surface area is 118 Å². The predicted octanol–water partition coefficient (Wildman–Crippen LogP) is 1.22. The third-order valence-corrected chi connectivity index (χ3v) is 3.46. The topological polar surface area (TPSA) is 59.6 Å². The summed E-state index contributed by atoms with van der Waals surface area (Å²) in [6.07, 6.45) is 3.03. The van der Waals surface area contributed by atoms with Crippen LogP contribution in [0.2, 0.25) is 0 Å². The summed E-state index contributed by atoms with van der Waals surface area (Å²) in [5.41, 5.74) is 1.03. The molecule has 1 aliphatic carbocycles. The minimum atomic E-state index is 0.0769. The van der Waals surface area contributed by atoms with Crippen LogP contribution < -0.4 is 20.1 Å². The van der Waals surface area contributed by atoms with Crippen molar-refractivity contribution in [2.24, 2.45) is 0 Å². The molecule has 1 aromatic rings. The highest BCUT2D eigenvalue weighted by Gasteiger charge is 2.20. The molecule has 1 aliphatic heterocycles. The quantitative estimate of drug-likeness (QED) is 0.820. The van der Waals surface area contributed by atoms with Crippen LogP contribution in [0, 0.1) is 0 Å². The van der Waals surface area contributed by atoms with E-state index in [1.54, 1.807) is 0 Å². The molecular formula is C15H20N2O3. The Morgan fingerprint density at radius 1 is 1.20 bits per heavy atom. The molecule has 0 spiro atoms. The van der Waals surface area contributed by atoms with E-state index in [1.807, 2.05) is 18.2 Å². The molecule has 108 valence electrons. The zero-order chi connectivity index (χ0) is 13.8. The number of ether oxygens (including phenoxy) is 2. The van der Waals surface area contributed by atoms with Crippen molar-refractivity contribution in [2.45, 2.75) is 31.8 Å². The van der Waals surface area contributed by atoms with Crippen molar-refractivity contribution < 1.29 is 14.3 Å². The predicted molar refractivity (Wildman–Crippen MR) is 74.9 cm³/mol. The highest BCUT2D eigenvalue weighted by molar-refractivity contribution is 5.76. The van der Waals surface area contributed by atoms with Crippen molar-refractivity contribution in [3.8, 4) is 11.5 Å². The van der Waals surface area contributed by atoms with Gasteiger partial charge in [-0.05, 0) is 30.5 Å². The van der Waals surface area contributed by atoms with Gasteiger partial charge in [0.2, 0.25) is 5.91 Å². The van der Waals surface area contributed by atoms with E-state index in [4.69, 9.17) is 9.47 Å². The Bertz CT molecular complexity index is 486. The van der Waals surface area contributed by atoms with E-state index < -0.39 is 0 Å². The van der Waals surface area contributed by atoms with E-state index >= 15 is 0 Å². The van der Waals surface area contributed by atoms with Gasteiger partial charge >= 0.3 is 0 Å². The number of nitrogens with one attached hydrogen (secondary N) is 2. The Morgan fingerprint density at radius 2 is 2.00 bits per heavy atom. The molecule has 0 bridgehead atoms. The van der Waals surface area contributed by atoms with Gasteiger partial charge in [-0.25, -0.2) is 0 Å². The highest BCUT2D eigenvalue weighted by Crippen LogP contribution is 2.30. The Balaban J connectivity index is 1.43. The number of carbonyl (C=O) groups is 1. The van der Waals surface area contributed by atoms with Crippen LogP contribution in [-0.4, -0.2) is 31.7 Å². The fourth-order valence-electron chi connectivity index (χ4n) is 2.16. The lowest BCUT2D eigenvalue weighted by Gasteiger charge is -2.19. The molecule has 0 saturated heterocycles. The van der Waals surface area contributed by atoms with Crippen LogP contribution in [-0.2, 0) is 11.3 Å². The number of hydrogen-bond donors (Lipinski definition) is 2. The lowest BCUT2D eigenvalue weighted by molar-refractivity contribution is -0.121. The third-order valence-electron chi connectivity index (χ3n) is 3.46. The van der Waals surface area contributed by atoms with E-state index in [0.29, 0.717) is 32.2 Å². The number of fused-ring (bicyclic) bond motifs is 1. The first kappa shape index (κ1) is 13.2. The van der Waals surface area contributed by atoms with E-state index in [0.717, 1.165) is 23.6 Å². The van der Waals surface area contributed by atoms with Crippen molar-refractivity contribution in [2.75, 3.05) is 19.8 Å². The maximum absolute atomic E-state index is 11.7. The minimum Gasteiger partial charge on any atom is -0.486 e. The van der Waals surface area contributed by atoms with Crippen molar-refractivity contribution in [1.82, 2.24) is 10.6 Å². The SMILES string of the molecule is O=C(CCNC1CC1)NCc1ccc2c(c1)OCCO2. The van der Waals surface area contributed by atoms with Crippen LogP contribution in [0.15, 0.2) is 18.2 Å². The average molecular weight is 276 g/mol. The summed E-state index contributed by atoms with van der Waals surface area (Å²) in [5.74, 6) is 1.62. The fraction of sp³-hybridized carbons (Fsp3) is 0.533. The van der Waals surface area contributed by atoms with Gasteiger partial charge in [0.25, 0.3) is 0 Å². The summed E-state index contributed by atoms with van der Waals surface area (Å²) in [7, 11) is 0. The summed E-state index contributed by atoms with van der Waals surface area (Å²) in [5, 5.41) is 6.25. The zero-order valence-electron chi connectivity index (χ0n) is 11.5. The molecule has 1 aromatic carbocycles. The van der Waals surface area contributed by atoms with Crippen LogP contribution in [0.25, 0.3) is 0 Å². The van der Waals surface area contributed by atoms with Crippen LogP contribution in [0.5, 0.6) is 11.5 Å². The molecule has 5 nitrogen and oxygen atoms in total. The van der Waals surface area contributed by atoms with Gasteiger partial charge in [0.15, 0.2) is 11.5 Å². The Hall–Kier alpha value is -1.75. The monoisotopic (exact) mass is 276 g/mol. The van der Waals surface area contributed by atoms with Crippen molar-refractivity contribution in [3.05, 3.63) is 23.8 Å². The second-order valence-electron chi connectivity index (χ2n) is 5.23. The molecule has 5 heteroatoms. The molecule has 3 rings (SSSR count). The summed E-state index contributed by atoms with van der Waals surface area (Å²) in [4.78, 5) is 11.7. The maximum Gasteiger partial charge on any atom is 0.221 e. The third kappa shape index (κ3) is 3.63. The van der Waals surface area contributed by atoms with Gasteiger partial charge in [0, 0.05) is 25.6 Å². The van der Waals surface area contributed by atoms with E-state index in [-0.39, 0.29) is 5.91 Å². The van der Waals surface area contributed by atoms with Gasteiger partial charge in [-0.3, -0.25) is 4.79 Å². The molecule has 20 heavy (non-hydrogen) atoms. The van der Waals surface area contributed by atoms with Gasteiger partial charge in [0.05, 0.1) is 0 Å². The summed E-state index contributed by atoms with van der Waals surface area (Å²) in [6.45, 7) is 2.46. The molecule has 1 heterocycles. The van der Waals surface area contributed by atoms with Crippen molar-refractivity contribution in [1.29, 1.82) is 0 Å². The summed E-state index contributed by atoms with van der Waals surface area (Å²) >= 11 is 0. The molecule has 0 radical (unpaired) electrons. The molecule has 0 aromatic heterocycles. The van der Waals surface area contributed by atoms with E-state index in [2.05, 4.69) is 10.6 Å². The lowest BCUT2D eigenvalue weighted by atomic mass is 10.2. The first-order chi connectivity index (χ1) is 9.81. The fourth-order valence-corrected chi connectivity index (χ4v) is 2.16. The second-order valence-corrected chi connectivity index (χ2v) is 5.23. The minimum absolute atomic E-state index is 0.0769. The van der Waals surface area contributed by atoms with Crippen LogP contribution in [0.3, 0.4) is 0 Å². The Kier molecular flexibility index (Phi) is 4.06. The molecule has 0 unspecified atom stereocenters. The average Bonchev–Trinajstić information content (AvgIpc) is 3.29. The molecular weight excluding hydrogens is 256 g/mol. The standard InChI is InChI=1S/C15H20N2O3/c18-15(5-6-16-12-2-3-12)17-10-11-1-4-13-14(9-11)20-8-7-19-13/h1,4,9,12,16H,2-3,5-8,10H2,(H,17,18). The summed E-state index contributed by atoms with van der Waals surface area (Å²) < 4.78 is 11.0. The van der Waals surface area contributed by atoms with Gasteiger partial charge in [-0.1, -0.05) is 6.07 Å². The van der Waals surface area contributed by atoms with Crippen LogP contribution in [0.1, 0.15) is 24.8 Å². The Morgan fingerprint density at radius 3 is 2.80 bits per heavy atom. The number of hydrogen-bond acceptors (Lipinski definition) is 4. The van der Waals surface area contributed by atoms with E-state index in [9.17, 15) is 4.79 Å².